The summed E-state index contributed by atoms with van der Waals surface area (Å²) in [6.45, 7) is 0.310. The van der Waals surface area contributed by atoms with E-state index in [9.17, 15) is 15.0 Å². The smallest absolute Gasteiger partial charge is 0.352 e. The van der Waals surface area contributed by atoms with Crippen molar-refractivity contribution in [1.82, 2.24) is 4.57 Å². The Morgan fingerprint density at radius 3 is 2.68 bits per heavy atom. The molecule has 22 heavy (non-hydrogen) atoms. The maximum Gasteiger partial charge on any atom is 0.352 e. The third kappa shape index (κ3) is 2.27. The van der Waals surface area contributed by atoms with Gasteiger partial charge in [-0.1, -0.05) is 18.2 Å². The number of fused-ring (bicyclic) bond motifs is 1. The van der Waals surface area contributed by atoms with Crippen LogP contribution in [0.25, 0.3) is 10.9 Å². The first-order valence-electron chi connectivity index (χ1n) is 6.63. The highest BCUT2D eigenvalue weighted by atomic mass is 16.4. The van der Waals surface area contributed by atoms with E-state index in [2.05, 4.69) is 6.07 Å². The first-order valence-corrected chi connectivity index (χ1v) is 6.63. The molecule has 1 aromatic heterocycles. The highest BCUT2D eigenvalue weighted by Gasteiger charge is 2.16. The summed E-state index contributed by atoms with van der Waals surface area (Å²) >= 11 is 0. The summed E-state index contributed by atoms with van der Waals surface area (Å²) < 4.78 is 1.62. The summed E-state index contributed by atoms with van der Waals surface area (Å²) in [5.41, 5.74) is 2.08. The van der Waals surface area contributed by atoms with Crippen molar-refractivity contribution in [2.45, 2.75) is 6.54 Å². The van der Waals surface area contributed by atoms with E-state index < -0.39 is 5.97 Å². The zero-order valence-corrected chi connectivity index (χ0v) is 11.5. The number of nitriles is 1. The molecule has 3 aromatic rings. The van der Waals surface area contributed by atoms with E-state index >= 15 is 0 Å². The lowest BCUT2D eigenvalue weighted by atomic mass is 10.1. The molecule has 0 aliphatic rings. The molecule has 0 amide bonds. The number of nitrogens with zero attached hydrogens (tertiary/aromatic N) is 2. The van der Waals surface area contributed by atoms with Crippen molar-refractivity contribution >= 4 is 16.9 Å². The van der Waals surface area contributed by atoms with Gasteiger partial charge in [0.1, 0.15) is 11.4 Å². The van der Waals surface area contributed by atoms with Gasteiger partial charge in [-0.15, -0.1) is 0 Å². The van der Waals surface area contributed by atoms with Gasteiger partial charge in [-0.3, -0.25) is 0 Å². The van der Waals surface area contributed by atoms with E-state index in [1.165, 1.54) is 12.1 Å². The van der Waals surface area contributed by atoms with Gasteiger partial charge in [-0.2, -0.15) is 5.26 Å². The quantitative estimate of drug-likeness (QED) is 0.777. The molecule has 5 nitrogen and oxygen atoms in total. The van der Waals surface area contributed by atoms with Gasteiger partial charge in [0.15, 0.2) is 0 Å². The van der Waals surface area contributed by atoms with Crippen LogP contribution in [0.4, 0.5) is 0 Å². The largest absolute Gasteiger partial charge is 0.507 e. The summed E-state index contributed by atoms with van der Waals surface area (Å²) in [6, 6.07) is 15.5. The van der Waals surface area contributed by atoms with Crippen LogP contribution in [-0.4, -0.2) is 20.7 Å². The Morgan fingerprint density at radius 2 is 1.95 bits per heavy atom. The van der Waals surface area contributed by atoms with Crippen LogP contribution in [0.2, 0.25) is 0 Å². The number of aromatic hydroxyl groups is 1. The normalized spacial score (nSPS) is 10.5. The number of carbonyl (C=O) groups is 1. The number of hydrogen-bond donors (Lipinski definition) is 2. The van der Waals surface area contributed by atoms with E-state index in [0.29, 0.717) is 23.0 Å². The van der Waals surface area contributed by atoms with Gasteiger partial charge in [-0.05, 0) is 35.9 Å². The van der Waals surface area contributed by atoms with Crippen LogP contribution in [0.5, 0.6) is 5.75 Å². The van der Waals surface area contributed by atoms with E-state index in [0.717, 1.165) is 5.56 Å². The molecule has 0 spiro atoms. The molecule has 0 saturated carbocycles. The number of aromatic nitrogens is 1. The van der Waals surface area contributed by atoms with Crippen LogP contribution in [0.1, 0.15) is 21.6 Å². The first kappa shape index (κ1) is 13.7. The summed E-state index contributed by atoms with van der Waals surface area (Å²) in [5.74, 6) is -1.02. The molecule has 1 heterocycles. The third-order valence-corrected chi connectivity index (χ3v) is 3.54. The van der Waals surface area contributed by atoms with Crippen LogP contribution in [-0.2, 0) is 6.54 Å². The van der Waals surface area contributed by atoms with Crippen molar-refractivity contribution in [2.24, 2.45) is 0 Å². The Hall–Kier alpha value is -3.26. The SMILES string of the molecule is N#Cc1cccc(Cn2c(C(=O)O)cc3c(O)cccc32)c1. The van der Waals surface area contributed by atoms with Gasteiger partial charge < -0.3 is 14.8 Å². The molecular weight excluding hydrogens is 280 g/mol. The summed E-state index contributed by atoms with van der Waals surface area (Å²) in [6.07, 6.45) is 0. The molecule has 0 atom stereocenters. The number of phenolic OH excluding ortho intramolecular Hbond substituents is 1. The molecule has 0 fully saturated rings. The number of benzene rings is 2. The summed E-state index contributed by atoms with van der Waals surface area (Å²) in [7, 11) is 0. The van der Waals surface area contributed by atoms with Crippen molar-refractivity contribution < 1.29 is 15.0 Å². The molecule has 0 bridgehead atoms. The van der Waals surface area contributed by atoms with Gasteiger partial charge >= 0.3 is 5.97 Å². The van der Waals surface area contributed by atoms with Crippen molar-refractivity contribution in [3.05, 3.63) is 65.4 Å². The topological polar surface area (TPSA) is 86.2 Å². The zero-order valence-electron chi connectivity index (χ0n) is 11.5. The molecule has 0 aliphatic carbocycles. The number of carboxylic acid groups (broad SMARTS) is 1. The van der Waals surface area contributed by atoms with Gasteiger partial charge in [0, 0.05) is 11.9 Å². The highest BCUT2D eigenvalue weighted by molar-refractivity contribution is 5.97. The fourth-order valence-corrected chi connectivity index (χ4v) is 2.54. The van der Waals surface area contributed by atoms with E-state index in [1.807, 2.05) is 6.07 Å². The van der Waals surface area contributed by atoms with Crippen LogP contribution < -0.4 is 0 Å². The molecule has 0 radical (unpaired) electrons. The second-order valence-electron chi connectivity index (χ2n) is 4.94. The first-order chi connectivity index (χ1) is 10.6. The number of rotatable bonds is 3. The van der Waals surface area contributed by atoms with Crippen molar-refractivity contribution in [2.75, 3.05) is 0 Å². The van der Waals surface area contributed by atoms with Crippen LogP contribution in [0.3, 0.4) is 0 Å². The fourth-order valence-electron chi connectivity index (χ4n) is 2.54. The minimum Gasteiger partial charge on any atom is -0.507 e. The summed E-state index contributed by atoms with van der Waals surface area (Å²) in [4.78, 5) is 11.5. The molecule has 3 rings (SSSR count). The molecule has 0 unspecified atom stereocenters. The van der Waals surface area contributed by atoms with E-state index in [1.54, 1.807) is 34.9 Å². The maximum absolute atomic E-state index is 11.5. The van der Waals surface area contributed by atoms with Crippen LogP contribution in [0, 0.1) is 11.3 Å². The molecule has 0 saturated heterocycles. The molecule has 2 aromatic carbocycles. The van der Waals surface area contributed by atoms with Crippen molar-refractivity contribution in [1.29, 1.82) is 5.26 Å². The van der Waals surface area contributed by atoms with Crippen molar-refractivity contribution in [3.8, 4) is 11.8 Å². The molecule has 108 valence electrons. The minimum absolute atomic E-state index is 0.0459. The predicted molar refractivity (Wildman–Crippen MR) is 80.8 cm³/mol. The van der Waals surface area contributed by atoms with Gasteiger partial charge in [0.25, 0.3) is 0 Å². The Kier molecular flexibility index (Phi) is 3.28. The number of hydrogen-bond acceptors (Lipinski definition) is 3. The van der Waals surface area contributed by atoms with Crippen LogP contribution in [0.15, 0.2) is 48.5 Å². The number of phenols is 1. The zero-order chi connectivity index (χ0) is 15.7. The number of aromatic carboxylic acids is 1. The third-order valence-electron chi connectivity index (χ3n) is 3.54. The van der Waals surface area contributed by atoms with Gasteiger partial charge in [0.05, 0.1) is 17.1 Å². The van der Waals surface area contributed by atoms with E-state index in [-0.39, 0.29) is 11.4 Å². The average molecular weight is 292 g/mol. The highest BCUT2D eigenvalue weighted by Crippen LogP contribution is 2.28. The predicted octanol–water partition coefficient (Wildman–Crippen LogP) is 2.97. The average Bonchev–Trinajstić information content (AvgIpc) is 2.88. The molecule has 5 heteroatoms. The standard InChI is InChI=1S/C17H12N2O3/c18-9-11-3-1-4-12(7-11)10-19-14-5-2-6-16(20)13(14)8-15(19)17(21)22/h1-8,20H,10H2,(H,21,22). The van der Waals surface area contributed by atoms with Crippen LogP contribution >= 0.6 is 0 Å². The van der Waals surface area contributed by atoms with Gasteiger partial charge in [-0.25, -0.2) is 4.79 Å². The second kappa shape index (κ2) is 5.26. The van der Waals surface area contributed by atoms with Crippen molar-refractivity contribution in [3.63, 3.8) is 0 Å². The van der Waals surface area contributed by atoms with Gasteiger partial charge in [0.2, 0.25) is 0 Å². The fraction of sp³-hybridized carbons (Fsp3) is 0.0588. The second-order valence-corrected chi connectivity index (χ2v) is 4.94. The molecule has 0 aliphatic heterocycles. The Balaban J connectivity index is 2.16. The maximum atomic E-state index is 11.5. The number of carboxylic acids is 1. The Labute approximate surface area is 126 Å². The Morgan fingerprint density at radius 1 is 1.18 bits per heavy atom. The Bertz CT molecular complexity index is 919. The lowest BCUT2D eigenvalue weighted by Crippen LogP contribution is -2.09. The molecular formula is C17H12N2O3. The lowest BCUT2D eigenvalue weighted by Gasteiger charge is -2.09. The van der Waals surface area contributed by atoms with E-state index in [4.69, 9.17) is 5.26 Å². The molecule has 2 N–H and O–H groups in total. The lowest BCUT2D eigenvalue weighted by molar-refractivity contribution is 0.0686. The minimum atomic E-state index is -1.06. The monoisotopic (exact) mass is 292 g/mol. The summed E-state index contributed by atoms with van der Waals surface area (Å²) in [5, 5.41) is 28.7.